The second-order valence-electron chi connectivity index (χ2n) is 7.27. The Bertz CT molecular complexity index is 633. The van der Waals surface area contributed by atoms with E-state index in [0.717, 1.165) is 44.0 Å². The monoisotopic (exact) mass is 344 g/mol. The lowest BCUT2D eigenvalue weighted by Gasteiger charge is -2.35. The van der Waals surface area contributed by atoms with E-state index in [4.69, 9.17) is 9.47 Å². The summed E-state index contributed by atoms with van der Waals surface area (Å²) in [5.74, 6) is 2.08. The lowest BCUT2D eigenvalue weighted by atomic mass is 10.0. The highest BCUT2D eigenvalue weighted by Crippen LogP contribution is 2.37. The molecule has 0 unspecified atom stereocenters. The van der Waals surface area contributed by atoms with E-state index in [1.807, 2.05) is 13.0 Å². The van der Waals surface area contributed by atoms with Crippen LogP contribution in [-0.4, -0.2) is 54.1 Å². The first kappa shape index (κ1) is 16.7. The number of rotatable bonds is 4. The number of likely N-dealkylation sites (tertiary alicyclic amines) is 2. The van der Waals surface area contributed by atoms with E-state index >= 15 is 0 Å². The lowest BCUT2D eigenvalue weighted by molar-refractivity contribution is -0.132. The number of hydrogen-bond acceptors (Lipinski definition) is 4. The van der Waals surface area contributed by atoms with Gasteiger partial charge in [0.15, 0.2) is 11.5 Å². The number of carbonyl (C=O) groups excluding carboxylic acids is 1. The van der Waals surface area contributed by atoms with Crippen LogP contribution in [-0.2, 0) is 11.3 Å². The van der Waals surface area contributed by atoms with Crippen molar-refractivity contribution in [2.75, 3.05) is 26.3 Å². The Kier molecular flexibility index (Phi) is 4.84. The molecule has 0 aromatic heterocycles. The fourth-order valence-corrected chi connectivity index (χ4v) is 4.67. The number of amides is 1. The van der Waals surface area contributed by atoms with Gasteiger partial charge in [-0.1, -0.05) is 19.1 Å². The van der Waals surface area contributed by atoms with Gasteiger partial charge in [-0.05, 0) is 38.3 Å². The van der Waals surface area contributed by atoms with Gasteiger partial charge in [0.1, 0.15) is 13.2 Å². The number of ether oxygens (including phenoxy) is 2. The van der Waals surface area contributed by atoms with Gasteiger partial charge in [-0.3, -0.25) is 9.69 Å². The molecule has 5 nitrogen and oxygen atoms in total. The molecule has 0 spiro atoms. The van der Waals surface area contributed by atoms with Crippen LogP contribution in [0.1, 0.15) is 44.6 Å². The number of fused-ring (bicyclic) bond motifs is 1. The minimum Gasteiger partial charge on any atom is -0.486 e. The summed E-state index contributed by atoms with van der Waals surface area (Å²) in [5.41, 5.74) is 1.20. The second-order valence-corrected chi connectivity index (χ2v) is 7.27. The SMILES string of the molecule is CCC(=O)N1CCC[C@H]1[C@@H]1CCCN1Cc1cccc2c1OCCO2. The summed E-state index contributed by atoms with van der Waals surface area (Å²) in [6.45, 7) is 6.12. The van der Waals surface area contributed by atoms with Crippen molar-refractivity contribution in [1.29, 1.82) is 0 Å². The van der Waals surface area contributed by atoms with Gasteiger partial charge in [-0.2, -0.15) is 0 Å². The van der Waals surface area contributed by atoms with Crippen LogP contribution in [0.3, 0.4) is 0 Å². The molecule has 5 heteroatoms. The van der Waals surface area contributed by atoms with Crippen LogP contribution in [0.2, 0.25) is 0 Å². The van der Waals surface area contributed by atoms with E-state index in [1.54, 1.807) is 0 Å². The van der Waals surface area contributed by atoms with Crippen molar-refractivity contribution in [2.45, 2.75) is 57.7 Å². The molecule has 3 heterocycles. The van der Waals surface area contributed by atoms with Crippen LogP contribution in [0, 0.1) is 0 Å². The third kappa shape index (κ3) is 3.22. The average molecular weight is 344 g/mol. The van der Waals surface area contributed by atoms with Gasteiger partial charge in [0.25, 0.3) is 0 Å². The fourth-order valence-electron chi connectivity index (χ4n) is 4.67. The third-order valence-electron chi connectivity index (χ3n) is 5.80. The first-order valence-electron chi connectivity index (χ1n) is 9.69. The molecule has 2 saturated heterocycles. The topological polar surface area (TPSA) is 42.0 Å². The number of benzene rings is 1. The zero-order valence-corrected chi connectivity index (χ0v) is 15.1. The molecule has 2 fully saturated rings. The highest BCUT2D eigenvalue weighted by atomic mass is 16.6. The van der Waals surface area contributed by atoms with Gasteiger partial charge in [0.05, 0.1) is 0 Å². The molecule has 0 radical (unpaired) electrons. The van der Waals surface area contributed by atoms with Gasteiger partial charge < -0.3 is 14.4 Å². The Balaban J connectivity index is 1.52. The van der Waals surface area contributed by atoms with E-state index in [9.17, 15) is 4.79 Å². The van der Waals surface area contributed by atoms with Gasteiger partial charge in [0.2, 0.25) is 5.91 Å². The Labute approximate surface area is 149 Å². The molecule has 0 bridgehead atoms. The van der Waals surface area contributed by atoms with Gasteiger partial charge in [0, 0.05) is 37.2 Å². The van der Waals surface area contributed by atoms with E-state index in [2.05, 4.69) is 21.9 Å². The second kappa shape index (κ2) is 7.24. The maximum absolute atomic E-state index is 12.3. The summed E-state index contributed by atoms with van der Waals surface area (Å²) in [4.78, 5) is 17.0. The first-order valence-corrected chi connectivity index (χ1v) is 9.69. The first-order chi connectivity index (χ1) is 12.3. The van der Waals surface area contributed by atoms with E-state index in [-0.39, 0.29) is 0 Å². The standard InChI is InChI=1S/C20H28N2O3/c1-2-19(23)22-11-5-8-17(22)16-7-4-10-21(16)14-15-6-3-9-18-20(15)25-13-12-24-18/h3,6,9,16-17H,2,4-5,7-8,10-14H2,1H3/t16-,17-/m0/s1. The van der Waals surface area contributed by atoms with Crippen molar-refractivity contribution in [3.8, 4) is 11.5 Å². The predicted molar refractivity (Wildman–Crippen MR) is 95.9 cm³/mol. The Morgan fingerprint density at radius 3 is 2.80 bits per heavy atom. The molecule has 4 rings (SSSR count). The van der Waals surface area contributed by atoms with E-state index in [0.29, 0.717) is 37.6 Å². The van der Waals surface area contributed by atoms with Crippen LogP contribution >= 0.6 is 0 Å². The Morgan fingerprint density at radius 1 is 1.12 bits per heavy atom. The third-order valence-corrected chi connectivity index (χ3v) is 5.80. The van der Waals surface area contributed by atoms with Crippen molar-refractivity contribution in [3.05, 3.63) is 23.8 Å². The highest BCUT2D eigenvalue weighted by Gasteiger charge is 2.39. The number of carbonyl (C=O) groups is 1. The van der Waals surface area contributed by atoms with Crippen LogP contribution in [0.4, 0.5) is 0 Å². The number of hydrogen-bond donors (Lipinski definition) is 0. The minimum absolute atomic E-state index is 0.308. The molecule has 1 aromatic carbocycles. The van der Waals surface area contributed by atoms with Crippen molar-refractivity contribution in [3.63, 3.8) is 0 Å². The molecule has 1 aromatic rings. The molecule has 0 N–H and O–H groups in total. The largest absolute Gasteiger partial charge is 0.486 e. The number of para-hydroxylation sites is 1. The maximum atomic E-state index is 12.3. The van der Waals surface area contributed by atoms with Crippen LogP contribution in [0.5, 0.6) is 11.5 Å². The molecule has 1 amide bonds. The molecular weight excluding hydrogens is 316 g/mol. The van der Waals surface area contributed by atoms with Crippen molar-refractivity contribution >= 4 is 5.91 Å². The van der Waals surface area contributed by atoms with Crippen LogP contribution in [0.25, 0.3) is 0 Å². The Hall–Kier alpha value is -1.75. The molecule has 3 aliphatic heterocycles. The zero-order valence-electron chi connectivity index (χ0n) is 15.1. The Morgan fingerprint density at radius 2 is 1.92 bits per heavy atom. The van der Waals surface area contributed by atoms with Crippen molar-refractivity contribution in [2.24, 2.45) is 0 Å². The summed E-state index contributed by atoms with van der Waals surface area (Å²) < 4.78 is 11.6. The van der Waals surface area contributed by atoms with Gasteiger partial charge in [-0.15, -0.1) is 0 Å². The molecule has 2 atom stereocenters. The summed E-state index contributed by atoms with van der Waals surface area (Å²) in [6, 6.07) is 7.03. The highest BCUT2D eigenvalue weighted by molar-refractivity contribution is 5.76. The number of nitrogens with zero attached hydrogens (tertiary/aromatic N) is 2. The zero-order chi connectivity index (χ0) is 17.2. The van der Waals surface area contributed by atoms with E-state index < -0.39 is 0 Å². The van der Waals surface area contributed by atoms with Crippen LogP contribution in [0.15, 0.2) is 18.2 Å². The lowest BCUT2D eigenvalue weighted by Crippen LogP contribution is -2.47. The summed E-state index contributed by atoms with van der Waals surface area (Å²) >= 11 is 0. The van der Waals surface area contributed by atoms with Crippen molar-refractivity contribution < 1.29 is 14.3 Å². The molecular formula is C20H28N2O3. The van der Waals surface area contributed by atoms with Crippen molar-refractivity contribution in [1.82, 2.24) is 9.80 Å². The fraction of sp³-hybridized carbons (Fsp3) is 0.650. The van der Waals surface area contributed by atoms with Gasteiger partial charge in [-0.25, -0.2) is 0 Å². The summed E-state index contributed by atoms with van der Waals surface area (Å²) in [6.07, 6.45) is 5.28. The maximum Gasteiger partial charge on any atom is 0.222 e. The van der Waals surface area contributed by atoms with E-state index in [1.165, 1.54) is 18.4 Å². The average Bonchev–Trinajstić information content (AvgIpc) is 3.30. The molecule has 25 heavy (non-hydrogen) atoms. The summed E-state index contributed by atoms with van der Waals surface area (Å²) in [5, 5.41) is 0. The smallest absolute Gasteiger partial charge is 0.222 e. The molecule has 0 aliphatic carbocycles. The molecule has 3 aliphatic rings. The van der Waals surface area contributed by atoms with Gasteiger partial charge >= 0.3 is 0 Å². The predicted octanol–water partition coefficient (Wildman–Crippen LogP) is 2.82. The quantitative estimate of drug-likeness (QED) is 0.842. The summed E-state index contributed by atoms with van der Waals surface area (Å²) in [7, 11) is 0. The van der Waals surface area contributed by atoms with Crippen LogP contribution < -0.4 is 9.47 Å². The normalized spacial score (nSPS) is 26.2. The molecule has 136 valence electrons. The minimum atomic E-state index is 0.308. The molecule has 0 saturated carbocycles.